The molecule has 2 heterocycles. The fourth-order valence-corrected chi connectivity index (χ4v) is 4.39. The lowest BCUT2D eigenvalue weighted by molar-refractivity contribution is -0.116. The Morgan fingerprint density at radius 3 is 2.64 bits per heavy atom. The van der Waals surface area contributed by atoms with E-state index < -0.39 is 5.97 Å². The zero-order valence-electron chi connectivity index (χ0n) is 16.2. The minimum atomic E-state index is -0.395. The lowest BCUT2D eigenvalue weighted by Gasteiger charge is -2.15. The molecule has 1 aromatic heterocycles. The van der Waals surface area contributed by atoms with E-state index in [0.717, 1.165) is 5.69 Å². The van der Waals surface area contributed by atoms with Gasteiger partial charge in [0.25, 0.3) is 5.56 Å². The predicted molar refractivity (Wildman–Crippen MR) is 108 cm³/mol. The van der Waals surface area contributed by atoms with E-state index in [-0.39, 0.29) is 23.9 Å². The third-order valence-electron chi connectivity index (χ3n) is 4.61. The van der Waals surface area contributed by atoms with Crippen LogP contribution in [0.2, 0.25) is 0 Å². The summed E-state index contributed by atoms with van der Waals surface area (Å²) in [6.07, 6.45) is 0.807. The summed E-state index contributed by atoms with van der Waals surface area (Å²) in [6, 6.07) is 6.32. The summed E-state index contributed by atoms with van der Waals surface area (Å²) in [5.41, 5.74) is 2.43. The number of benzene rings is 1. The molecule has 0 bridgehead atoms. The molecule has 0 fully saturated rings. The number of carbonyl (C=O) groups is 2. The van der Waals surface area contributed by atoms with Crippen LogP contribution in [0.3, 0.4) is 0 Å². The smallest absolute Gasteiger partial charge is 0.338 e. The molecule has 8 heteroatoms. The number of nitrogens with one attached hydrogen (secondary N) is 1. The molecule has 1 aliphatic heterocycles. The second-order valence-corrected chi connectivity index (χ2v) is 7.49. The molecule has 1 amide bonds. The summed E-state index contributed by atoms with van der Waals surface area (Å²) >= 11 is 1.50. The third-order valence-corrected chi connectivity index (χ3v) is 5.71. The lowest BCUT2D eigenvalue weighted by Crippen LogP contribution is -2.30. The number of hydrogen-bond donors (Lipinski definition) is 1. The van der Waals surface area contributed by atoms with Crippen molar-refractivity contribution in [3.05, 3.63) is 51.4 Å². The number of amides is 1. The van der Waals surface area contributed by atoms with Crippen molar-refractivity contribution in [1.82, 2.24) is 9.55 Å². The summed E-state index contributed by atoms with van der Waals surface area (Å²) in [6.45, 7) is 5.84. The van der Waals surface area contributed by atoms with Gasteiger partial charge in [-0.05, 0) is 44.5 Å². The van der Waals surface area contributed by atoms with Gasteiger partial charge in [0, 0.05) is 29.1 Å². The average Bonchev–Trinajstić information content (AvgIpc) is 3.05. The molecule has 1 atom stereocenters. The second-order valence-electron chi connectivity index (χ2n) is 6.50. The fourth-order valence-electron chi connectivity index (χ4n) is 3.21. The van der Waals surface area contributed by atoms with E-state index >= 15 is 0 Å². The first-order valence-corrected chi connectivity index (χ1v) is 10.2. The van der Waals surface area contributed by atoms with Crippen LogP contribution in [0.1, 0.15) is 47.9 Å². The predicted octanol–water partition coefficient (Wildman–Crippen LogP) is 2.97. The molecule has 2 aromatic rings. The van der Waals surface area contributed by atoms with Crippen LogP contribution in [-0.4, -0.2) is 33.8 Å². The number of carbonyl (C=O) groups excluding carboxylic acids is 2. The molecule has 1 aliphatic rings. The van der Waals surface area contributed by atoms with Crippen molar-refractivity contribution >= 4 is 29.3 Å². The molecule has 1 unspecified atom stereocenters. The maximum Gasteiger partial charge on any atom is 0.338 e. The van der Waals surface area contributed by atoms with Crippen LogP contribution in [-0.2, 0) is 16.0 Å². The Morgan fingerprint density at radius 1 is 1.29 bits per heavy atom. The lowest BCUT2D eigenvalue weighted by atomic mass is 10.1. The van der Waals surface area contributed by atoms with Gasteiger partial charge >= 0.3 is 5.97 Å². The van der Waals surface area contributed by atoms with E-state index in [4.69, 9.17) is 4.74 Å². The second kappa shape index (κ2) is 8.60. The number of hydrogen-bond acceptors (Lipinski definition) is 6. The van der Waals surface area contributed by atoms with Crippen LogP contribution < -0.4 is 10.9 Å². The van der Waals surface area contributed by atoms with E-state index in [1.807, 2.05) is 13.8 Å². The van der Waals surface area contributed by atoms with Crippen LogP contribution in [0, 0.1) is 6.92 Å². The van der Waals surface area contributed by atoms with Crippen LogP contribution in [0.4, 0.5) is 5.69 Å². The zero-order chi connectivity index (χ0) is 20.3. The van der Waals surface area contributed by atoms with E-state index in [1.165, 1.54) is 11.8 Å². The number of rotatable bonds is 6. The monoisotopic (exact) mass is 401 g/mol. The van der Waals surface area contributed by atoms with Gasteiger partial charge in [0.05, 0.1) is 18.2 Å². The van der Waals surface area contributed by atoms with E-state index in [0.29, 0.717) is 40.8 Å². The van der Waals surface area contributed by atoms with Crippen molar-refractivity contribution in [2.24, 2.45) is 0 Å². The molecule has 0 aliphatic carbocycles. The SMILES string of the molecule is CCOC(=O)c1ccc(NC(=O)CC2CSc3nc(C)c(CC)c(=O)n32)cc1. The van der Waals surface area contributed by atoms with Gasteiger partial charge < -0.3 is 10.1 Å². The molecule has 0 spiro atoms. The molecule has 1 aromatic carbocycles. The highest BCUT2D eigenvalue weighted by Gasteiger charge is 2.29. The highest BCUT2D eigenvalue weighted by Crippen LogP contribution is 2.32. The van der Waals surface area contributed by atoms with Gasteiger partial charge in [0.15, 0.2) is 5.16 Å². The molecular weight excluding hydrogens is 378 g/mol. The quantitative estimate of drug-likeness (QED) is 0.591. The van der Waals surface area contributed by atoms with Crippen LogP contribution in [0.25, 0.3) is 0 Å². The molecule has 7 nitrogen and oxygen atoms in total. The number of esters is 1. The summed E-state index contributed by atoms with van der Waals surface area (Å²) in [5, 5.41) is 3.50. The summed E-state index contributed by atoms with van der Waals surface area (Å²) in [7, 11) is 0. The molecule has 0 saturated carbocycles. The van der Waals surface area contributed by atoms with Crippen molar-refractivity contribution < 1.29 is 14.3 Å². The third kappa shape index (κ3) is 4.11. The van der Waals surface area contributed by atoms with E-state index in [9.17, 15) is 14.4 Å². The Kier molecular flexibility index (Phi) is 6.18. The first-order valence-electron chi connectivity index (χ1n) is 9.26. The maximum atomic E-state index is 12.8. The molecule has 3 rings (SSSR count). The Hall–Kier alpha value is -2.61. The largest absolute Gasteiger partial charge is 0.462 e. The topological polar surface area (TPSA) is 90.3 Å². The van der Waals surface area contributed by atoms with Crippen molar-refractivity contribution in [2.45, 2.75) is 44.8 Å². The zero-order valence-corrected chi connectivity index (χ0v) is 17.0. The van der Waals surface area contributed by atoms with Crippen molar-refractivity contribution in [1.29, 1.82) is 0 Å². The van der Waals surface area contributed by atoms with Gasteiger partial charge in [-0.15, -0.1) is 0 Å². The standard InChI is InChI=1S/C20H23N3O4S/c1-4-16-12(3)21-20-23(18(16)25)15(11-28-20)10-17(24)22-14-8-6-13(7-9-14)19(26)27-5-2/h6-9,15H,4-5,10-11H2,1-3H3,(H,22,24). The minimum absolute atomic E-state index is 0.0495. The van der Waals surface area contributed by atoms with Gasteiger partial charge in [-0.1, -0.05) is 18.7 Å². The number of fused-ring (bicyclic) bond motifs is 1. The average molecular weight is 401 g/mol. The maximum absolute atomic E-state index is 12.8. The molecule has 148 valence electrons. The van der Waals surface area contributed by atoms with Gasteiger partial charge in [-0.3, -0.25) is 14.2 Å². The Bertz CT molecular complexity index is 953. The molecule has 0 radical (unpaired) electrons. The number of anilines is 1. The first kappa shape index (κ1) is 20.1. The van der Waals surface area contributed by atoms with Crippen LogP contribution in [0.15, 0.2) is 34.2 Å². The molecular formula is C20H23N3O4S. The highest BCUT2D eigenvalue weighted by molar-refractivity contribution is 7.99. The van der Waals surface area contributed by atoms with E-state index in [2.05, 4.69) is 10.3 Å². The summed E-state index contributed by atoms with van der Waals surface area (Å²) in [5.74, 6) is 0.0612. The van der Waals surface area contributed by atoms with E-state index in [1.54, 1.807) is 35.8 Å². The molecule has 28 heavy (non-hydrogen) atoms. The van der Waals surface area contributed by atoms with Gasteiger partial charge in [-0.2, -0.15) is 0 Å². The van der Waals surface area contributed by atoms with Crippen LogP contribution in [0.5, 0.6) is 0 Å². The Balaban J connectivity index is 1.69. The molecule has 1 N–H and O–H groups in total. The minimum Gasteiger partial charge on any atom is -0.462 e. The highest BCUT2D eigenvalue weighted by atomic mass is 32.2. The van der Waals surface area contributed by atoms with Crippen molar-refractivity contribution in [3.63, 3.8) is 0 Å². The van der Waals surface area contributed by atoms with Gasteiger partial charge in [0.2, 0.25) is 5.91 Å². The number of nitrogens with zero attached hydrogens (tertiary/aromatic N) is 2. The fraction of sp³-hybridized carbons (Fsp3) is 0.400. The van der Waals surface area contributed by atoms with Crippen LogP contribution >= 0.6 is 11.8 Å². The van der Waals surface area contributed by atoms with Gasteiger partial charge in [0.1, 0.15) is 0 Å². The van der Waals surface area contributed by atoms with Crippen molar-refractivity contribution in [2.75, 3.05) is 17.7 Å². The van der Waals surface area contributed by atoms with Gasteiger partial charge in [-0.25, -0.2) is 9.78 Å². The summed E-state index contributed by atoms with van der Waals surface area (Å²) < 4.78 is 6.60. The number of thioether (sulfide) groups is 1. The Labute approximate surface area is 167 Å². The normalized spacial score (nSPS) is 15.2. The number of ether oxygens (including phenoxy) is 1. The molecule has 0 saturated heterocycles. The number of aryl methyl sites for hydroxylation is 1. The Morgan fingerprint density at radius 2 is 2.00 bits per heavy atom. The van der Waals surface area contributed by atoms with Crippen molar-refractivity contribution in [3.8, 4) is 0 Å². The first-order chi connectivity index (χ1) is 13.4. The number of aromatic nitrogens is 2. The summed E-state index contributed by atoms with van der Waals surface area (Å²) in [4.78, 5) is 41.4.